The third-order valence-electron chi connectivity index (χ3n) is 2.10. The summed E-state index contributed by atoms with van der Waals surface area (Å²) >= 11 is 0. The standard InChI is InChI=1S/C10H9NO4/c12-5-6-3-11-4-8(9(6)10(13)14)15-7-1-2-7/h3-5,7H,1-2H2,(H,13,14). The molecule has 0 aromatic carbocycles. The van der Waals surface area contributed by atoms with Crippen LogP contribution in [0.3, 0.4) is 0 Å². The van der Waals surface area contributed by atoms with E-state index in [0.29, 0.717) is 6.29 Å². The van der Waals surface area contributed by atoms with Gasteiger partial charge in [0.15, 0.2) is 12.0 Å². The highest BCUT2D eigenvalue weighted by molar-refractivity contribution is 5.99. The Morgan fingerprint density at radius 2 is 2.27 bits per heavy atom. The van der Waals surface area contributed by atoms with Crippen molar-refractivity contribution in [2.24, 2.45) is 0 Å². The van der Waals surface area contributed by atoms with Gasteiger partial charge in [0.25, 0.3) is 0 Å². The number of aromatic nitrogens is 1. The molecule has 0 atom stereocenters. The Bertz CT molecular complexity index is 412. The maximum Gasteiger partial charge on any atom is 0.340 e. The van der Waals surface area contributed by atoms with Crippen LogP contribution in [0.1, 0.15) is 33.6 Å². The minimum Gasteiger partial charge on any atom is -0.488 e. The molecular formula is C10H9NO4. The molecule has 0 radical (unpaired) electrons. The van der Waals surface area contributed by atoms with Gasteiger partial charge in [0, 0.05) is 6.20 Å². The number of aromatic carboxylic acids is 1. The molecule has 15 heavy (non-hydrogen) atoms. The Morgan fingerprint density at radius 1 is 1.53 bits per heavy atom. The second-order valence-corrected chi connectivity index (χ2v) is 3.34. The van der Waals surface area contributed by atoms with E-state index in [1.165, 1.54) is 12.4 Å². The van der Waals surface area contributed by atoms with E-state index in [0.717, 1.165) is 12.8 Å². The lowest BCUT2D eigenvalue weighted by Gasteiger charge is -2.08. The Balaban J connectivity index is 2.41. The SMILES string of the molecule is O=Cc1cncc(OC2CC2)c1C(=O)O. The topological polar surface area (TPSA) is 76.5 Å². The molecule has 0 amide bonds. The van der Waals surface area contributed by atoms with Crippen LogP contribution in [0.15, 0.2) is 12.4 Å². The van der Waals surface area contributed by atoms with E-state index < -0.39 is 5.97 Å². The second-order valence-electron chi connectivity index (χ2n) is 3.34. The van der Waals surface area contributed by atoms with Crippen LogP contribution in [0.25, 0.3) is 0 Å². The Labute approximate surface area is 85.7 Å². The second kappa shape index (κ2) is 3.68. The average molecular weight is 207 g/mol. The van der Waals surface area contributed by atoms with E-state index in [2.05, 4.69) is 4.98 Å². The van der Waals surface area contributed by atoms with Crippen molar-refractivity contribution in [1.82, 2.24) is 4.98 Å². The normalized spacial score (nSPS) is 14.7. The summed E-state index contributed by atoms with van der Waals surface area (Å²) in [5.41, 5.74) is -0.0625. The number of ether oxygens (including phenoxy) is 1. The van der Waals surface area contributed by atoms with Crippen LogP contribution in [0, 0.1) is 0 Å². The molecule has 0 bridgehead atoms. The van der Waals surface area contributed by atoms with Gasteiger partial charge in [-0.25, -0.2) is 4.79 Å². The predicted molar refractivity (Wildman–Crippen MR) is 50.2 cm³/mol. The number of pyridine rings is 1. The molecule has 0 aliphatic heterocycles. The van der Waals surface area contributed by atoms with Gasteiger partial charge in [-0.2, -0.15) is 0 Å². The molecule has 1 aliphatic rings. The number of carbonyl (C=O) groups is 2. The molecular weight excluding hydrogens is 198 g/mol. The summed E-state index contributed by atoms with van der Waals surface area (Å²) in [5, 5.41) is 8.94. The fraction of sp³-hybridized carbons (Fsp3) is 0.300. The van der Waals surface area contributed by atoms with E-state index in [9.17, 15) is 9.59 Å². The third kappa shape index (κ3) is 1.96. The van der Waals surface area contributed by atoms with E-state index in [-0.39, 0.29) is 23.0 Å². The smallest absolute Gasteiger partial charge is 0.340 e. The summed E-state index contributed by atoms with van der Waals surface area (Å²) in [4.78, 5) is 25.3. The fourth-order valence-corrected chi connectivity index (χ4v) is 1.23. The zero-order valence-corrected chi connectivity index (χ0v) is 7.84. The highest BCUT2D eigenvalue weighted by Crippen LogP contribution is 2.29. The van der Waals surface area contributed by atoms with Crippen LogP contribution in [-0.2, 0) is 0 Å². The number of hydrogen-bond donors (Lipinski definition) is 1. The molecule has 78 valence electrons. The number of rotatable bonds is 4. The Morgan fingerprint density at radius 3 is 2.80 bits per heavy atom. The van der Waals surface area contributed by atoms with Crippen molar-refractivity contribution in [3.05, 3.63) is 23.5 Å². The molecule has 0 unspecified atom stereocenters. The van der Waals surface area contributed by atoms with Crippen LogP contribution in [0.4, 0.5) is 0 Å². The highest BCUT2D eigenvalue weighted by atomic mass is 16.5. The Kier molecular flexibility index (Phi) is 2.37. The molecule has 1 N–H and O–H groups in total. The first-order valence-corrected chi connectivity index (χ1v) is 4.55. The van der Waals surface area contributed by atoms with Crippen molar-refractivity contribution >= 4 is 12.3 Å². The maximum atomic E-state index is 10.9. The van der Waals surface area contributed by atoms with Gasteiger partial charge in [0.05, 0.1) is 17.9 Å². The quantitative estimate of drug-likeness (QED) is 0.749. The van der Waals surface area contributed by atoms with Crippen molar-refractivity contribution in [1.29, 1.82) is 0 Å². The molecule has 1 heterocycles. The minimum atomic E-state index is -1.17. The molecule has 1 saturated carbocycles. The predicted octanol–water partition coefficient (Wildman–Crippen LogP) is 1.13. The van der Waals surface area contributed by atoms with Crippen molar-refractivity contribution in [2.75, 3.05) is 0 Å². The van der Waals surface area contributed by atoms with Crippen LogP contribution in [-0.4, -0.2) is 28.4 Å². The first-order valence-electron chi connectivity index (χ1n) is 4.55. The number of hydrogen-bond acceptors (Lipinski definition) is 4. The molecule has 1 aromatic rings. The van der Waals surface area contributed by atoms with Crippen LogP contribution in [0.5, 0.6) is 5.75 Å². The Hall–Kier alpha value is -1.91. The summed E-state index contributed by atoms with van der Waals surface area (Å²) in [6.45, 7) is 0. The number of carboxylic acids is 1. The van der Waals surface area contributed by atoms with Gasteiger partial charge in [0.1, 0.15) is 5.56 Å². The molecule has 1 aromatic heterocycles. The van der Waals surface area contributed by atoms with Crippen LogP contribution >= 0.6 is 0 Å². The zero-order chi connectivity index (χ0) is 10.8. The van der Waals surface area contributed by atoms with Crippen molar-refractivity contribution in [2.45, 2.75) is 18.9 Å². The first-order chi connectivity index (χ1) is 7.22. The molecule has 0 saturated heterocycles. The molecule has 0 spiro atoms. The molecule has 5 heteroatoms. The van der Waals surface area contributed by atoms with Crippen molar-refractivity contribution < 1.29 is 19.4 Å². The number of nitrogens with zero attached hydrogens (tertiary/aromatic N) is 1. The molecule has 5 nitrogen and oxygen atoms in total. The van der Waals surface area contributed by atoms with E-state index in [1.807, 2.05) is 0 Å². The van der Waals surface area contributed by atoms with Gasteiger partial charge in [-0.05, 0) is 12.8 Å². The first kappa shape index (κ1) is 9.64. The summed E-state index contributed by atoms with van der Waals surface area (Å²) < 4.78 is 5.36. The third-order valence-corrected chi connectivity index (χ3v) is 2.10. The zero-order valence-electron chi connectivity index (χ0n) is 7.84. The van der Waals surface area contributed by atoms with E-state index in [1.54, 1.807) is 0 Å². The number of aldehydes is 1. The van der Waals surface area contributed by atoms with Crippen molar-refractivity contribution in [3.63, 3.8) is 0 Å². The van der Waals surface area contributed by atoms with Crippen molar-refractivity contribution in [3.8, 4) is 5.75 Å². The van der Waals surface area contributed by atoms with Gasteiger partial charge >= 0.3 is 5.97 Å². The highest BCUT2D eigenvalue weighted by Gasteiger charge is 2.27. The monoisotopic (exact) mass is 207 g/mol. The van der Waals surface area contributed by atoms with Crippen LogP contribution in [0.2, 0.25) is 0 Å². The largest absolute Gasteiger partial charge is 0.488 e. The summed E-state index contributed by atoms with van der Waals surface area (Å²) in [6, 6.07) is 0. The molecule has 1 aliphatic carbocycles. The van der Waals surface area contributed by atoms with Gasteiger partial charge in [0.2, 0.25) is 0 Å². The lowest BCUT2D eigenvalue weighted by Crippen LogP contribution is -2.08. The number of carbonyl (C=O) groups excluding carboxylic acids is 1. The molecule has 1 fully saturated rings. The van der Waals surface area contributed by atoms with Crippen LogP contribution < -0.4 is 4.74 Å². The summed E-state index contributed by atoms with van der Waals surface area (Å²) in [5.74, 6) is -0.996. The summed E-state index contributed by atoms with van der Waals surface area (Å²) in [6.07, 6.45) is 4.93. The van der Waals surface area contributed by atoms with Gasteiger partial charge in [-0.1, -0.05) is 0 Å². The van der Waals surface area contributed by atoms with Gasteiger partial charge < -0.3 is 9.84 Å². The molecule has 2 rings (SSSR count). The fourth-order valence-electron chi connectivity index (χ4n) is 1.23. The average Bonchev–Trinajstić information content (AvgIpc) is 3.01. The maximum absolute atomic E-state index is 10.9. The summed E-state index contributed by atoms with van der Waals surface area (Å²) in [7, 11) is 0. The van der Waals surface area contributed by atoms with E-state index >= 15 is 0 Å². The lowest BCUT2D eigenvalue weighted by atomic mass is 10.1. The minimum absolute atomic E-state index is 0.0423. The van der Waals surface area contributed by atoms with E-state index in [4.69, 9.17) is 9.84 Å². The van der Waals surface area contributed by atoms with Gasteiger partial charge in [-0.15, -0.1) is 0 Å². The number of carboxylic acid groups (broad SMARTS) is 1. The lowest BCUT2D eigenvalue weighted by molar-refractivity contribution is 0.0688. The van der Waals surface area contributed by atoms with Gasteiger partial charge in [-0.3, -0.25) is 9.78 Å².